The molecule has 0 atom stereocenters. The van der Waals surface area contributed by atoms with Crippen LogP contribution in [0.1, 0.15) is 22.6 Å². The number of hydrogen-bond acceptors (Lipinski definition) is 2. The number of benzene rings is 5. The van der Waals surface area contributed by atoms with Gasteiger partial charge in [-0.3, -0.25) is 4.55 Å². The first-order valence-corrected chi connectivity index (χ1v) is 17.8. The van der Waals surface area contributed by atoms with E-state index < -0.39 is 23.5 Å². The second kappa shape index (κ2) is 13.4. The molecule has 2 aromatic heterocycles. The van der Waals surface area contributed by atoms with Gasteiger partial charge in [-0.2, -0.15) is 21.6 Å². The van der Waals surface area contributed by atoms with Crippen molar-refractivity contribution < 1.29 is 26.1 Å². The summed E-state index contributed by atoms with van der Waals surface area (Å²) >= 11 is 0. The van der Waals surface area contributed by atoms with Gasteiger partial charge in [-0.25, -0.2) is 0 Å². The molecule has 7 aromatic rings. The summed E-state index contributed by atoms with van der Waals surface area (Å²) in [6, 6.07) is 48.9. The van der Waals surface area contributed by atoms with Gasteiger partial charge in [0.15, 0.2) is 0 Å². The number of aromatic nitrogens is 2. The predicted molar refractivity (Wildman–Crippen MR) is 190 cm³/mol. The van der Waals surface area contributed by atoms with Crippen LogP contribution in [0, 0.1) is 0 Å². The van der Waals surface area contributed by atoms with E-state index in [0.29, 0.717) is 0 Å². The fourth-order valence-corrected chi connectivity index (χ4v) is 8.72. The van der Waals surface area contributed by atoms with Crippen LogP contribution in [0.15, 0.2) is 146 Å². The Balaban J connectivity index is 0.000000449. The van der Waals surface area contributed by atoms with E-state index in [1.807, 2.05) is 0 Å². The van der Waals surface area contributed by atoms with Crippen molar-refractivity contribution in [2.24, 2.45) is 14.1 Å². The van der Waals surface area contributed by atoms with Gasteiger partial charge in [0.2, 0.25) is 0 Å². The molecule has 0 amide bonds. The summed E-state index contributed by atoms with van der Waals surface area (Å²) in [6.07, 6.45) is 4.70. The van der Waals surface area contributed by atoms with Crippen LogP contribution in [0.25, 0.3) is 21.8 Å². The lowest BCUT2D eigenvalue weighted by Gasteiger charge is -2.27. The molecule has 2 heterocycles. The van der Waals surface area contributed by atoms with Crippen LogP contribution in [0.2, 0.25) is 0 Å². The monoisotopic (exact) mass is 684 g/mol. The third kappa shape index (κ3) is 6.54. The standard InChI is InChI=1S/C37H31N2P.CHF3O3S/c1-38-25-32(29-19-9-12-22-34(29)38)37(33-26-39(2)35-23-13-10-20-30(33)35)31-21-11-14-24-36(31)40(27-15-5-3-6-16-27)28-17-7-4-8-18-28;2-1(3,4)8(5,6)7/h3-26,37H,1-2H3;(H,5,6,7). The van der Waals surface area contributed by atoms with Gasteiger partial charge in [-0.1, -0.05) is 121 Å². The molecular weight excluding hydrogens is 652 g/mol. The summed E-state index contributed by atoms with van der Waals surface area (Å²) in [5.74, 6) is 0.0748. The fourth-order valence-electron chi connectivity index (χ4n) is 6.23. The third-order valence-corrected chi connectivity index (χ3v) is 11.4. The average Bonchev–Trinajstić information content (AvgIpc) is 3.59. The fraction of sp³-hybridized carbons (Fsp3) is 0.105. The Bertz CT molecular complexity index is 2180. The minimum Gasteiger partial charge on any atom is -0.350 e. The van der Waals surface area contributed by atoms with Crippen molar-refractivity contribution in [3.8, 4) is 0 Å². The van der Waals surface area contributed by atoms with Gasteiger partial charge in [-0.15, -0.1) is 0 Å². The van der Waals surface area contributed by atoms with Crippen LogP contribution in [-0.2, 0) is 24.2 Å². The van der Waals surface area contributed by atoms with Gasteiger partial charge in [-0.05, 0) is 52.7 Å². The van der Waals surface area contributed by atoms with Gasteiger partial charge in [0.1, 0.15) is 0 Å². The number of hydrogen-bond donors (Lipinski definition) is 1. The highest BCUT2D eigenvalue weighted by Gasteiger charge is 2.44. The minimum atomic E-state index is -5.84. The van der Waals surface area contributed by atoms with Crippen LogP contribution < -0.4 is 15.9 Å². The normalized spacial score (nSPS) is 12.1. The smallest absolute Gasteiger partial charge is 0.350 e. The lowest BCUT2D eigenvalue weighted by atomic mass is 9.84. The first-order valence-electron chi connectivity index (χ1n) is 15.1. The Morgan fingerprint density at radius 1 is 0.583 bits per heavy atom. The number of halogens is 3. The molecule has 0 saturated carbocycles. The minimum absolute atomic E-state index is 0.0748. The number of para-hydroxylation sites is 2. The van der Waals surface area contributed by atoms with Crippen molar-refractivity contribution in [3.63, 3.8) is 0 Å². The van der Waals surface area contributed by atoms with Gasteiger partial charge in [0.25, 0.3) is 0 Å². The molecular formula is C38H32F3N2O3PS. The number of nitrogens with zero attached hydrogens (tertiary/aromatic N) is 2. The average molecular weight is 685 g/mol. The maximum absolute atomic E-state index is 10.7. The Kier molecular flexibility index (Phi) is 9.30. The van der Waals surface area contributed by atoms with Gasteiger partial charge < -0.3 is 9.13 Å². The Hall–Kier alpha value is -4.69. The van der Waals surface area contributed by atoms with Gasteiger partial charge >= 0.3 is 15.6 Å². The molecule has 10 heteroatoms. The van der Waals surface area contributed by atoms with Crippen molar-refractivity contribution in [1.29, 1.82) is 0 Å². The third-order valence-electron chi connectivity index (χ3n) is 8.29. The zero-order valence-corrected chi connectivity index (χ0v) is 27.8. The molecule has 0 unspecified atom stereocenters. The molecule has 1 N–H and O–H groups in total. The number of alkyl halides is 3. The van der Waals surface area contributed by atoms with Crippen molar-refractivity contribution >= 4 is 55.8 Å². The van der Waals surface area contributed by atoms with E-state index in [9.17, 15) is 13.2 Å². The number of rotatable bonds is 6. The zero-order valence-electron chi connectivity index (χ0n) is 26.1. The summed E-state index contributed by atoms with van der Waals surface area (Å²) in [5.41, 5.74) is 1.04. The molecule has 0 radical (unpaired) electrons. The second-order valence-corrected chi connectivity index (χ2v) is 14.9. The van der Waals surface area contributed by atoms with Crippen molar-refractivity contribution in [2.45, 2.75) is 11.4 Å². The molecule has 0 bridgehead atoms. The van der Waals surface area contributed by atoms with E-state index in [4.69, 9.17) is 13.0 Å². The van der Waals surface area contributed by atoms with Gasteiger partial charge in [0, 0.05) is 54.2 Å². The zero-order chi connectivity index (χ0) is 34.1. The predicted octanol–water partition coefficient (Wildman–Crippen LogP) is 8.00. The van der Waals surface area contributed by atoms with Crippen LogP contribution in [0.3, 0.4) is 0 Å². The molecule has 7 rings (SSSR count). The molecule has 0 aliphatic carbocycles. The summed E-state index contributed by atoms with van der Waals surface area (Å²) in [5, 5.41) is 6.75. The molecule has 0 aliphatic rings. The topological polar surface area (TPSA) is 64.2 Å². The van der Waals surface area contributed by atoms with Crippen molar-refractivity contribution in [3.05, 3.63) is 163 Å². The van der Waals surface area contributed by atoms with E-state index >= 15 is 0 Å². The Labute approximate surface area is 278 Å². The Morgan fingerprint density at radius 2 is 0.958 bits per heavy atom. The highest BCUT2D eigenvalue weighted by atomic mass is 32.2. The van der Waals surface area contributed by atoms with Crippen LogP contribution >= 0.6 is 7.92 Å². The van der Waals surface area contributed by atoms with Crippen molar-refractivity contribution in [1.82, 2.24) is 9.13 Å². The van der Waals surface area contributed by atoms with E-state index in [-0.39, 0.29) is 5.92 Å². The number of fused-ring (bicyclic) bond motifs is 2. The lowest BCUT2D eigenvalue weighted by Crippen LogP contribution is -2.25. The van der Waals surface area contributed by atoms with E-state index in [1.165, 1.54) is 54.4 Å². The molecule has 0 fully saturated rings. The molecule has 48 heavy (non-hydrogen) atoms. The summed E-state index contributed by atoms with van der Waals surface area (Å²) < 4.78 is 62.1. The summed E-state index contributed by atoms with van der Waals surface area (Å²) in [6.45, 7) is 0. The molecule has 0 saturated heterocycles. The largest absolute Gasteiger partial charge is 0.522 e. The van der Waals surface area contributed by atoms with E-state index in [0.717, 1.165) is 0 Å². The molecule has 0 aliphatic heterocycles. The molecule has 244 valence electrons. The first kappa shape index (κ1) is 33.2. The maximum atomic E-state index is 10.7. The SMILES string of the molecule is Cn1cc(C(c2ccccc2P(c2ccccc2)c2ccccc2)c2cn(C)c3ccccc23)c2ccccc21.O=S(=O)(O)C(F)(F)F. The van der Waals surface area contributed by atoms with E-state index in [1.54, 1.807) is 0 Å². The summed E-state index contributed by atoms with van der Waals surface area (Å²) in [7, 11) is -2.28. The first-order chi connectivity index (χ1) is 23.0. The summed E-state index contributed by atoms with van der Waals surface area (Å²) in [4.78, 5) is 0. The second-order valence-electron chi connectivity index (χ2n) is 11.3. The lowest BCUT2D eigenvalue weighted by molar-refractivity contribution is -0.0510. The Morgan fingerprint density at radius 3 is 1.40 bits per heavy atom. The maximum Gasteiger partial charge on any atom is 0.522 e. The van der Waals surface area contributed by atoms with Crippen LogP contribution in [-0.4, -0.2) is 27.6 Å². The molecule has 0 spiro atoms. The highest BCUT2D eigenvalue weighted by Crippen LogP contribution is 2.44. The van der Waals surface area contributed by atoms with Crippen LogP contribution in [0.4, 0.5) is 13.2 Å². The number of aryl methyl sites for hydroxylation is 2. The molecule has 5 nitrogen and oxygen atoms in total. The van der Waals surface area contributed by atoms with Crippen LogP contribution in [0.5, 0.6) is 0 Å². The van der Waals surface area contributed by atoms with Crippen molar-refractivity contribution in [2.75, 3.05) is 0 Å². The molecule has 5 aromatic carbocycles. The highest BCUT2D eigenvalue weighted by molar-refractivity contribution is 7.86. The van der Waals surface area contributed by atoms with Gasteiger partial charge in [0.05, 0.1) is 0 Å². The quantitative estimate of drug-likeness (QED) is 0.110. The van der Waals surface area contributed by atoms with E-state index in [2.05, 4.69) is 169 Å².